The number of piperidine rings is 1. The van der Waals surface area contributed by atoms with Gasteiger partial charge in [0.1, 0.15) is 16.9 Å². The van der Waals surface area contributed by atoms with Crippen molar-refractivity contribution in [2.75, 3.05) is 18.4 Å². The second-order valence-corrected chi connectivity index (χ2v) is 9.00. The summed E-state index contributed by atoms with van der Waals surface area (Å²) in [7, 11) is -3.69. The van der Waals surface area contributed by atoms with Crippen molar-refractivity contribution in [3.05, 3.63) is 42.0 Å². The third kappa shape index (κ3) is 3.83. The number of tetrazole rings is 1. The molecule has 1 fully saturated rings. The fraction of sp³-hybridized carbons (Fsp3) is 0.389. The molecule has 11 nitrogen and oxygen atoms in total. The zero-order valence-corrected chi connectivity index (χ0v) is 17.3. The zero-order valence-electron chi connectivity index (χ0n) is 16.5. The van der Waals surface area contributed by atoms with Crippen molar-refractivity contribution in [2.45, 2.75) is 31.6 Å². The highest BCUT2D eigenvalue weighted by molar-refractivity contribution is 7.89. The van der Waals surface area contributed by atoms with E-state index >= 15 is 0 Å². The highest BCUT2D eigenvalue weighted by Gasteiger charge is 2.35. The molecule has 1 aliphatic rings. The molecule has 1 aromatic carbocycles. The van der Waals surface area contributed by atoms with E-state index < -0.39 is 10.0 Å². The van der Waals surface area contributed by atoms with Gasteiger partial charge >= 0.3 is 0 Å². The van der Waals surface area contributed by atoms with Crippen LogP contribution in [0, 0.1) is 19.8 Å². The van der Waals surface area contributed by atoms with Crippen LogP contribution in [-0.4, -0.2) is 57.1 Å². The van der Waals surface area contributed by atoms with Crippen molar-refractivity contribution < 1.29 is 17.7 Å². The Morgan fingerprint density at radius 1 is 1.17 bits per heavy atom. The maximum atomic E-state index is 12.9. The highest BCUT2D eigenvalue weighted by Crippen LogP contribution is 2.28. The molecule has 1 N–H and O–H groups in total. The fourth-order valence-corrected chi connectivity index (χ4v) is 5.31. The van der Waals surface area contributed by atoms with E-state index in [1.165, 1.54) is 15.3 Å². The van der Waals surface area contributed by atoms with Crippen LogP contribution in [0.15, 0.2) is 40.0 Å². The van der Waals surface area contributed by atoms with Crippen LogP contribution in [0.3, 0.4) is 0 Å². The number of hydrogen-bond acceptors (Lipinski definition) is 8. The number of aromatic nitrogens is 5. The van der Waals surface area contributed by atoms with E-state index in [4.69, 9.17) is 4.52 Å². The summed E-state index contributed by atoms with van der Waals surface area (Å²) in [6, 6.07) is 7.13. The van der Waals surface area contributed by atoms with Gasteiger partial charge in [-0.15, -0.1) is 5.10 Å². The van der Waals surface area contributed by atoms with E-state index in [1.54, 1.807) is 38.1 Å². The van der Waals surface area contributed by atoms with Gasteiger partial charge in [0.05, 0.1) is 5.69 Å². The van der Waals surface area contributed by atoms with Gasteiger partial charge in [-0.3, -0.25) is 4.79 Å². The Bertz CT molecular complexity index is 1110. The van der Waals surface area contributed by atoms with Gasteiger partial charge in [0, 0.05) is 24.7 Å². The van der Waals surface area contributed by atoms with Crippen LogP contribution in [0.2, 0.25) is 0 Å². The van der Waals surface area contributed by atoms with Crippen LogP contribution in [-0.2, 0) is 14.8 Å². The van der Waals surface area contributed by atoms with Gasteiger partial charge in [-0.05, 0) is 61.4 Å². The molecule has 158 valence electrons. The average Bonchev–Trinajstić information content (AvgIpc) is 3.39. The normalized spacial score (nSPS) is 15.9. The number of nitrogens with zero attached hydrogens (tertiary/aromatic N) is 6. The largest absolute Gasteiger partial charge is 0.360 e. The molecule has 0 atom stereocenters. The lowest BCUT2D eigenvalue weighted by Crippen LogP contribution is -2.41. The van der Waals surface area contributed by atoms with Crippen molar-refractivity contribution in [3.8, 4) is 5.69 Å². The van der Waals surface area contributed by atoms with Crippen LogP contribution in [0.5, 0.6) is 0 Å². The fourth-order valence-electron chi connectivity index (χ4n) is 3.55. The molecule has 0 unspecified atom stereocenters. The van der Waals surface area contributed by atoms with Gasteiger partial charge in [0.25, 0.3) is 0 Å². The number of sulfonamides is 1. The molecule has 3 heterocycles. The predicted octanol–water partition coefficient (Wildman–Crippen LogP) is 1.31. The lowest BCUT2D eigenvalue weighted by Gasteiger charge is -2.30. The number of hydrogen-bond donors (Lipinski definition) is 1. The Morgan fingerprint density at radius 3 is 2.43 bits per heavy atom. The van der Waals surface area contributed by atoms with Crippen molar-refractivity contribution in [3.63, 3.8) is 0 Å². The van der Waals surface area contributed by atoms with Crippen LogP contribution in [0.25, 0.3) is 5.69 Å². The number of carbonyl (C=O) groups excluding carboxylic acids is 1. The molecule has 0 aliphatic carbocycles. The highest BCUT2D eigenvalue weighted by atomic mass is 32.2. The Morgan fingerprint density at radius 2 is 1.87 bits per heavy atom. The van der Waals surface area contributed by atoms with E-state index in [2.05, 4.69) is 26.0 Å². The Hall–Kier alpha value is -3.12. The lowest BCUT2D eigenvalue weighted by molar-refractivity contribution is -0.120. The molecule has 4 rings (SSSR count). The van der Waals surface area contributed by atoms with Crippen LogP contribution < -0.4 is 5.32 Å². The van der Waals surface area contributed by atoms with Crippen molar-refractivity contribution in [1.82, 2.24) is 29.7 Å². The molecule has 30 heavy (non-hydrogen) atoms. The van der Waals surface area contributed by atoms with E-state index in [0.29, 0.717) is 24.2 Å². The first kappa shape index (κ1) is 20.2. The first-order chi connectivity index (χ1) is 14.4. The monoisotopic (exact) mass is 431 g/mol. The smallest absolute Gasteiger partial charge is 0.248 e. The first-order valence-corrected chi connectivity index (χ1v) is 10.9. The maximum absolute atomic E-state index is 12.9. The number of amides is 1. The molecule has 0 saturated carbocycles. The minimum Gasteiger partial charge on any atom is -0.360 e. The molecule has 2 aromatic heterocycles. The topological polar surface area (TPSA) is 136 Å². The molecule has 3 aromatic rings. The standard InChI is InChI=1S/C18H21N7O4S/c1-12-17(13(2)29-21-12)30(27,28)24-9-7-14(8-10-24)18(26)20-15-3-5-16(6-4-15)25-11-19-22-23-25/h3-6,11,14H,7-10H2,1-2H3,(H,20,26). The summed E-state index contributed by atoms with van der Waals surface area (Å²) in [5, 5.41) is 17.6. The van der Waals surface area contributed by atoms with E-state index in [9.17, 15) is 13.2 Å². The molecule has 1 aliphatic heterocycles. The molecular formula is C18H21N7O4S. The van der Waals surface area contributed by atoms with Gasteiger partial charge in [-0.2, -0.15) is 4.31 Å². The zero-order chi connectivity index (χ0) is 21.3. The number of rotatable bonds is 5. The minimum atomic E-state index is -3.69. The summed E-state index contributed by atoms with van der Waals surface area (Å²) in [6.45, 7) is 3.72. The van der Waals surface area contributed by atoms with Crippen LogP contribution >= 0.6 is 0 Å². The summed E-state index contributed by atoms with van der Waals surface area (Å²) in [5.41, 5.74) is 1.77. The minimum absolute atomic E-state index is 0.119. The van der Waals surface area contributed by atoms with Crippen molar-refractivity contribution >= 4 is 21.6 Å². The molecule has 0 radical (unpaired) electrons. The molecule has 0 bridgehead atoms. The number of carbonyl (C=O) groups is 1. The van der Waals surface area contributed by atoms with Gasteiger partial charge in [0.2, 0.25) is 15.9 Å². The molecule has 1 saturated heterocycles. The predicted molar refractivity (Wildman–Crippen MR) is 105 cm³/mol. The number of benzene rings is 1. The van der Waals surface area contributed by atoms with Crippen molar-refractivity contribution in [2.24, 2.45) is 5.92 Å². The van der Waals surface area contributed by atoms with Gasteiger partial charge in [-0.1, -0.05) is 5.16 Å². The quantitative estimate of drug-likeness (QED) is 0.638. The maximum Gasteiger partial charge on any atom is 0.248 e. The van der Waals surface area contributed by atoms with Gasteiger partial charge in [-0.25, -0.2) is 13.1 Å². The van der Waals surface area contributed by atoms with Crippen LogP contribution in [0.4, 0.5) is 5.69 Å². The lowest BCUT2D eigenvalue weighted by atomic mass is 9.97. The second kappa shape index (κ2) is 7.95. The number of anilines is 1. The summed E-state index contributed by atoms with van der Waals surface area (Å²) < 4.78 is 33.7. The Labute approximate surface area is 173 Å². The molecule has 12 heteroatoms. The van der Waals surface area contributed by atoms with E-state index in [1.807, 2.05) is 0 Å². The summed E-state index contributed by atoms with van der Waals surface area (Å²) in [5.74, 6) is -0.114. The summed E-state index contributed by atoms with van der Waals surface area (Å²) in [6.07, 6.45) is 2.37. The van der Waals surface area contributed by atoms with Gasteiger partial charge in [0.15, 0.2) is 5.76 Å². The van der Waals surface area contributed by atoms with E-state index in [-0.39, 0.29) is 35.6 Å². The molecule has 1 amide bonds. The Kier molecular flexibility index (Phi) is 5.35. The molecule has 0 spiro atoms. The van der Waals surface area contributed by atoms with Gasteiger partial charge < -0.3 is 9.84 Å². The number of aryl methyl sites for hydroxylation is 2. The van der Waals surface area contributed by atoms with E-state index in [0.717, 1.165) is 5.69 Å². The van der Waals surface area contributed by atoms with Crippen molar-refractivity contribution in [1.29, 1.82) is 0 Å². The van der Waals surface area contributed by atoms with Crippen LogP contribution in [0.1, 0.15) is 24.3 Å². The molecular weight excluding hydrogens is 410 g/mol. The third-order valence-electron chi connectivity index (χ3n) is 5.14. The SMILES string of the molecule is Cc1noc(C)c1S(=O)(=O)N1CCC(C(=O)Nc2ccc(-n3cnnn3)cc2)CC1. The summed E-state index contributed by atoms with van der Waals surface area (Å²) in [4.78, 5) is 12.8. The number of nitrogens with one attached hydrogen (secondary N) is 1. The average molecular weight is 431 g/mol. The first-order valence-electron chi connectivity index (χ1n) is 9.43. The third-order valence-corrected chi connectivity index (χ3v) is 7.28. The Balaban J connectivity index is 1.36. The second-order valence-electron chi connectivity index (χ2n) is 7.12. The summed E-state index contributed by atoms with van der Waals surface area (Å²) >= 11 is 0.